The lowest BCUT2D eigenvalue weighted by Crippen LogP contribution is -2.53. The van der Waals surface area contributed by atoms with Crippen molar-refractivity contribution in [2.45, 2.75) is 54.0 Å². The molecule has 0 spiro atoms. The molecular weight excluding hydrogens is 274 g/mol. The van der Waals surface area contributed by atoms with Gasteiger partial charge in [-0.15, -0.1) is 0 Å². The highest BCUT2D eigenvalue weighted by Gasteiger charge is 2.48. The Labute approximate surface area is 126 Å². The van der Waals surface area contributed by atoms with Crippen molar-refractivity contribution < 1.29 is 23.9 Å². The Bertz CT molecular complexity index is 377. The maximum atomic E-state index is 12.4. The second kappa shape index (κ2) is 7.43. The van der Waals surface area contributed by atoms with Crippen LogP contribution in [0.5, 0.6) is 0 Å². The topological polar surface area (TPSA) is 81.7 Å². The van der Waals surface area contributed by atoms with Gasteiger partial charge >= 0.3 is 11.9 Å². The smallest absolute Gasteiger partial charge is 0.321 e. The van der Waals surface area contributed by atoms with Gasteiger partial charge in [-0.1, -0.05) is 0 Å². The van der Waals surface area contributed by atoms with Crippen LogP contribution in [-0.4, -0.2) is 36.6 Å². The second-order valence-electron chi connectivity index (χ2n) is 6.36. The Hall–Kier alpha value is -1.59. The minimum Gasteiger partial charge on any atom is -0.465 e. The average Bonchev–Trinajstić information content (AvgIpc) is 2.26. The number of carbonyl (C=O) groups excluding carboxylic acids is 3. The first-order chi connectivity index (χ1) is 9.47. The summed E-state index contributed by atoms with van der Waals surface area (Å²) in [5, 5.41) is 2.78. The Kier molecular flexibility index (Phi) is 6.86. The van der Waals surface area contributed by atoms with E-state index in [4.69, 9.17) is 9.47 Å². The fraction of sp³-hybridized carbons (Fsp3) is 0.800. The van der Waals surface area contributed by atoms with Crippen LogP contribution in [0.2, 0.25) is 0 Å². The van der Waals surface area contributed by atoms with Crippen molar-refractivity contribution in [2.24, 2.45) is 11.3 Å². The minimum absolute atomic E-state index is 0.131. The Morgan fingerprint density at radius 1 is 0.905 bits per heavy atom. The third-order valence-corrected chi connectivity index (χ3v) is 2.84. The lowest BCUT2D eigenvalue weighted by Gasteiger charge is -2.33. The fourth-order valence-corrected chi connectivity index (χ4v) is 1.77. The number of amides is 1. The lowest BCUT2D eigenvalue weighted by molar-refractivity contribution is -0.171. The predicted octanol–water partition coefficient (Wildman–Crippen LogP) is 1.67. The normalized spacial score (nSPS) is 12.0. The molecule has 0 heterocycles. The van der Waals surface area contributed by atoms with Gasteiger partial charge in [-0.2, -0.15) is 0 Å². The third-order valence-electron chi connectivity index (χ3n) is 2.84. The zero-order valence-corrected chi connectivity index (χ0v) is 14.0. The Morgan fingerprint density at radius 3 is 1.57 bits per heavy atom. The van der Waals surface area contributed by atoms with Crippen LogP contribution in [0.3, 0.4) is 0 Å². The summed E-state index contributed by atoms with van der Waals surface area (Å²) in [6, 6.07) is 0. The molecule has 122 valence electrons. The molecule has 0 radical (unpaired) electrons. The van der Waals surface area contributed by atoms with Crippen molar-refractivity contribution in [3.8, 4) is 0 Å². The van der Waals surface area contributed by atoms with E-state index in [2.05, 4.69) is 5.32 Å². The highest BCUT2D eigenvalue weighted by molar-refractivity contribution is 6.01. The molecule has 0 aromatic heterocycles. The van der Waals surface area contributed by atoms with Crippen molar-refractivity contribution >= 4 is 17.8 Å². The van der Waals surface area contributed by atoms with E-state index in [1.54, 1.807) is 13.8 Å². The number of nitrogens with one attached hydrogen (secondary N) is 1. The maximum absolute atomic E-state index is 12.4. The van der Waals surface area contributed by atoms with Gasteiger partial charge in [-0.3, -0.25) is 14.4 Å². The summed E-state index contributed by atoms with van der Waals surface area (Å²) in [4.78, 5) is 36.6. The summed E-state index contributed by atoms with van der Waals surface area (Å²) in [6.45, 7) is 12.1. The number of esters is 2. The molecule has 0 saturated carbocycles. The second-order valence-corrected chi connectivity index (χ2v) is 6.36. The van der Waals surface area contributed by atoms with Crippen molar-refractivity contribution in [2.75, 3.05) is 13.2 Å². The average molecular weight is 301 g/mol. The SMILES string of the molecule is CCOC(=O)C(C(=O)OCC)C(C)(C)C(=O)NC(C)(C)C. The summed E-state index contributed by atoms with van der Waals surface area (Å²) < 4.78 is 9.84. The molecule has 0 saturated heterocycles. The van der Waals surface area contributed by atoms with Gasteiger partial charge in [0.1, 0.15) is 0 Å². The van der Waals surface area contributed by atoms with Crippen molar-refractivity contribution in [3.05, 3.63) is 0 Å². The fourth-order valence-electron chi connectivity index (χ4n) is 1.77. The van der Waals surface area contributed by atoms with Gasteiger partial charge in [-0.25, -0.2) is 0 Å². The van der Waals surface area contributed by atoms with Crippen LogP contribution in [0.15, 0.2) is 0 Å². The number of hydrogen-bond acceptors (Lipinski definition) is 5. The molecule has 0 aromatic carbocycles. The summed E-state index contributed by atoms with van der Waals surface area (Å²) in [5.41, 5.74) is -1.74. The lowest BCUT2D eigenvalue weighted by atomic mass is 9.77. The molecule has 0 unspecified atom stereocenters. The van der Waals surface area contributed by atoms with E-state index in [-0.39, 0.29) is 13.2 Å². The number of hydrogen-bond donors (Lipinski definition) is 1. The van der Waals surface area contributed by atoms with Gasteiger partial charge in [0, 0.05) is 5.54 Å². The van der Waals surface area contributed by atoms with Gasteiger partial charge < -0.3 is 14.8 Å². The molecule has 0 aromatic rings. The first-order valence-corrected chi connectivity index (χ1v) is 7.13. The molecule has 0 aliphatic heterocycles. The summed E-state index contributed by atoms with van der Waals surface area (Å²) >= 11 is 0. The Morgan fingerprint density at radius 2 is 1.29 bits per heavy atom. The van der Waals surface area contributed by atoms with Crippen LogP contribution in [-0.2, 0) is 23.9 Å². The summed E-state index contributed by atoms with van der Waals surface area (Å²) in [6.07, 6.45) is 0. The molecule has 1 N–H and O–H groups in total. The van der Waals surface area contributed by atoms with Crippen LogP contribution in [0.1, 0.15) is 48.5 Å². The molecular formula is C15H27NO5. The standard InChI is InChI=1S/C15H27NO5/c1-8-20-11(17)10(12(18)21-9-2)15(6,7)13(19)16-14(3,4)5/h10H,8-9H2,1-7H3,(H,16,19). The number of rotatable bonds is 6. The Balaban J connectivity index is 5.42. The van der Waals surface area contributed by atoms with Gasteiger partial charge in [0.05, 0.1) is 18.6 Å². The van der Waals surface area contributed by atoms with E-state index in [0.29, 0.717) is 0 Å². The largest absolute Gasteiger partial charge is 0.465 e. The highest BCUT2D eigenvalue weighted by atomic mass is 16.6. The van der Waals surface area contributed by atoms with Gasteiger partial charge in [0.25, 0.3) is 0 Å². The molecule has 0 fully saturated rings. The van der Waals surface area contributed by atoms with Crippen LogP contribution >= 0.6 is 0 Å². The first-order valence-electron chi connectivity index (χ1n) is 7.13. The number of ether oxygens (including phenoxy) is 2. The first kappa shape index (κ1) is 19.4. The van der Waals surface area contributed by atoms with Crippen LogP contribution < -0.4 is 5.32 Å². The molecule has 0 bridgehead atoms. The molecule has 0 aliphatic rings. The molecule has 0 aliphatic carbocycles. The van der Waals surface area contributed by atoms with Crippen LogP contribution in [0.25, 0.3) is 0 Å². The van der Waals surface area contributed by atoms with Crippen molar-refractivity contribution in [1.82, 2.24) is 5.32 Å². The predicted molar refractivity (Wildman–Crippen MR) is 78.4 cm³/mol. The molecule has 0 atom stereocenters. The minimum atomic E-state index is -1.29. The van der Waals surface area contributed by atoms with Gasteiger partial charge in [0.15, 0.2) is 5.92 Å². The third kappa shape index (κ3) is 5.73. The van der Waals surface area contributed by atoms with Crippen LogP contribution in [0, 0.1) is 11.3 Å². The molecule has 6 nitrogen and oxygen atoms in total. The van der Waals surface area contributed by atoms with Crippen molar-refractivity contribution in [1.29, 1.82) is 0 Å². The molecule has 21 heavy (non-hydrogen) atoms. The summed E-state index contributed by atoms with van der Waals surface area (Å²) in [5.74, 6) is -3.18. The van der Waals surface area contributed by atoms with E-state index in [9.17, 15) is 14.4 Å². The zero-order valence-electron chi connectivity index (χ0n) is 14.0. The van der Waals surface area contributed by atoms with E-state index in [1.165, 1.54) is 13.8 Å². The van der Waals surface area contributed by atoms with Crippen LogP contribution in [0.4, 0.5) is 0 Å². The monoisotopic (exact) mass is 301 g/mol. The quantitative estimate of drug-likeness (QED) is 0.596. The van der Waals surface area contributed by atoms with E-state index in [0.717, 1.165) is 0 Å². The molecule has 6 heteroatoms. The van der Waals surface area contributed by atoms with Crippen molar-refractivity contribution in [3.63, 3.8) is 0 Å². The van der Waals surface area contributed by atoms with E-state index in [1.807, 2.05) is 20.8 Å². The maximum Gasteiger partial charge on any atom is 0.321 e. The molecule has 1 amide bonds. The van der Waals surface area contributed by atoms with E-state index >= 15 is 0 Å². The van der Waals surface area contributed by atoms with E-state index < -0.39 is 34.7 Å². The molecule has 0 rings (SSSR count). The summed E-state index contributed by atoms with van der Waals surface area (Å²) in [7, 11) is 0. The van der Waals surface area contributed by atoms with Gasteiger partial charge in [0.2, 0.25) is 5.91 Å². The number of carbonyl (C=O) groups is 3. The van der Waals surface area contributed by atoms with Gasteiger partial charge in [-0.05, 0) is 48.5 Å². The zero-order chi connectivity index (χ0) is 16.8. The highest BCUT2D eigenvalue weighted by Crippen LogP contribution is 2.30.